The Morgan fingerprint density at radius 2 is 2.05 bits per heavy atom. The topological polar surface area (TPSA) is 43.2 Å². The van der Waals surface area contributed by atoms with Gasteiger partial charge in [0.2, 0.25) is 0 Å². The minimum absolute atomic E-state index is 0.612. The van der Waals surface area contributed by atoms with Crippen molar-refractivity contribution in [1.82, 2.24) is 9.88 Å². The third-order valence-corrected chi connectivity index (χ3v) is 4.58. The van der Waals surface area contributed by atoms with Crippen molar-refractivity contribution in [3.05, 3.63) is 23.4 Å². The fourth-order valence-electron chi connectivity index (χ4n) is 3.37. The Balaban J connectivity index is 1.91. The fourth-order valence-corrected chi connectivity index (χ4v) is 3.37. The summed E-state index contributed by atoms with van der Waals surface area (Å²) in [7, 11) is 2.24. The SMILES string of the molecule is Cc1ccc(C#N)c(N2CCC3CCC(C2)N3C)n1. The van der Waals surface area contributed by atoms with Crippen LogP contribution < -0.4 is 4.90 Å². The first-order chi connectivity index (χ1) is 9.19. The van der Waals surface area contributed by atoms with Gasteiger partial charge in [-0.05, 0) is 45.4 Å². The summed E-state index contributed by atoms with van der Waals surface area (Å²) in [5, 5.41) is 9.27. The summed E-state index contributed by atoms with van der Waals surface area (Å²) in [5.41, 5.74) is 1.68. The molecule has 19 heavy (non-hydrogen) atoms. The lowest BCUT2D eigenvalue weighted by molar-refractivity contribution is 0.254. The summed E-state index contributed by atoms with van der Waals surface area (Å²) in [6.07, 6.45) is 3.76. The highest BCUT2D eigenvalue weighted by Gasteiger charge is 2.35. The van der Waals surface area contributed by atoms with Crippen molar-refractivity contribution in [2.75, 3.05) is 25.0 Å². The number of nitrogens with zero attached hydrogens (tertiary/aromatic N) is 4. The standard InChI is InChI=1S/C15H20N4/c1-11-3-4-12(9-16)15(17-11)19-8-7-13-5-6-14(10-19)18(13)2/h3-4,13-14H,5-8,10H2,1-2H3. The fraction of sp³-hybridized carbons (Fsp3) is 0.600. The highest BCUT2D eigenvalue weighted by molar-refractivity contribution is 5.54. The maximum atomic E-state index is 9.27. The number of fused-ring (bicyclic) bond motifs is 2. The van der Waals surface area contributed by atoms with E-state index in [-0.39, 0.29) is 0 Å². The van der Waals surface area contributed by atoms with Gasteiger partial charge < -0.3 is 4.90 Å². The molecule has 2 saturated heterocycles. The van der Waals surface area contributed by atoms with Gasteiger partial charge in [0.05, 0.1) is 5.56 Å². The van der Waals surface area contributed by atoms with E-state index in [1.54, 1.807) is 0 Å². The Morgan fingerprint density at radius 1 is 1.26 bits per heavy atom. The van der Waals surface area contributed by atoms with E-state index in [9.17, 15) is 5.26 Å². The Bertz CT molecular complexity index is 519. The van der Waals surface area contributed by atoms with Gasteiger partial charge in [-0.1, -0.05) is 0 Å². The number of anilines is 1. The molecule has 0 aliphatic carbocycles. The molecule has 3 heterocycles. The van der Waals surface area contributed by atoms with Gasteiger partial charge in [0.1, 0.15) is 11.9 Å². The normalized spacial score (nSPS) is 27.1. The molecule has 1 aromatic rings. The average Bonchev–Trinajstić information content (AvgIpc) is 2.63. The summed E-state index contributed by atoms with van der Waals surface area (Å²) in [6.45, 7) is 4.00. The monoisotopic (exact) mass is 256 g/mol. The molecule has 0 saturated carbocycles. The molecule has 100 valence electrons. The van der Waals surface area contributed by atoms with Gasteiger partial charge >= 0.3 is 0 Å². The maximum absolute atomic E-state index is 9.27. The summed E-state index contributed by atoms with van der Waals surface area (Å²) in [5.74, 6) is 0.878. The van der Waals surface area contributed by atoms with Crippen LogP contribution in [0.2, 0.25) is 0 Å². The zero-order valence-electron chi connectivity index (χ0n) is 11.6. The summed E-state index contributed by atoms with van der Waals surface area (Å²) < 4.78 is 0. The number of likely N-dealkylation sites (N-methyl/N-ethyl adjacent to an activating group) is 1. The van der Waals surface area contributed by atoms with Crippen molar-refractivity contribution < 1.29 is 0 Å². The van der Waals surface area contributed by atoms with Crippen LogP contribution in [0.4, 0.5) is 5.82 Å². The Hall–Kier alpha value is -1.60. The summed E-state index contributed by atoms with van der Waals surface area (Å²) in [4.78, 5) is 9.43. The molecular formula is C15H20N4. The molecule has 2 fully saturated rings. The van der Waals surface area contributed by atoms with Crippen LogP contribution in [0.5, 0.6) is 0 Å². The Labute approximate surface area is 114 Å². The highest BCUT2D eigenvalue weighted by atomic mass is 15.3. The molecule has 2 aliphatic heterocycles. The first kappa shape index (κ1) is 12.4. The van der Waals surface area contributed by atoms with Gasteiger partial charge in [0, 0.05) is 30.9 Å². The van der Waals surface area contributed by atoms with Crippen molar-refractivity contribution in [3.8, 4) is 6.07 Å². The first-order valence-electron chi connectivity index (χ1n) is 7.03. The molecule has 0 amide bonds. The van der Waals surface area contributed by atoms with E-state index in [0.717, 1.165) is 24.6 Å². The number of pyridine rings is 1. The van der Waals surface area contributed by atoms with Gasteiger partial charge in [0.25, 0.3) is 0 Å². The van der Waals surface area contributed by atoms with E-state index in [1.165, 1.54) is 19.3 Å². The molecule has 2 bridgehead atoms. The van der Waals surface area contributed by atoms with Crippen LogP contribution >= 0.6 is 0 Å². The predicted octanol–water partition coefficient (Wildman–Crippen LogP) is 1.93. The van der Waals surface area contributed by atoms with E-state index in [4.69, 9.17) is 0 Å². The minimum Gasteiger partial charge on any atom is -0.354 e. The van der Waals surface area contributed by atoms with Crippen LogP contribution in [0.1, 0.15) is 30.5 Å². The van der Waals surface area contributed by atoms with Crippen molar-refractivity contribution in [1.29, 1.82) is 5.26 Å². The summed E-state index contributed by atoms with van der Waals surface area (Å²) >= 11 is 0. The molecular weight excluding hydrogens is 236 g/mol. The predicted molar refractivity (Wildman–Crippen MR) is 75.1 cm³/mol. The molecule has 0 N–H and O–H groups in total. The lowest BCUT2D eigenvalue weighted by atomic mass is 10.1. The van der Waals surface area contributed by atoms with E-state index in [0.29, 0.717) is 17.6 Å². The van der Waals surface area contributed by atoms with Crippen LogP contribution in [0, 0.1) is 18.3 Å². The molecule has 0 radical (unpaired) electrons. The zero-order valence-corrected chi connectivity index (χ0v) is 11.6. The zero-order chi connectivity index (χ0) is 13.4. The van der Waals surface area contributed by atoms with Gasteiger partial charge in [-0.3, -0.25) is 4.90 Å². The minimum atomic E-state index is 0.612. The smallest absolute Gasteiger partial charge is 0.146 e. The van der Waals surface area contributed by atoms with E-state index >= 15 is 0 Å². The first-order valence-corrected chi connectivity index (χ1v) is 7.03. The number of hydrogen-bond acceptors (Lipinski definition) is 4. The molecule has 3 rings (SSSR count). The van der Waals surface area contributed by atoms with Crippen LogP contribution in [0.3, 0.4) is 0 Å². The van der Waals surface area contributed by atoms with Crippen LogP contribution in [0.25, 0.3) is 0 Å². The highest BCUT2D eigenvalue weighted by Crippen LogP contribution is 2.31. The quantitative estimate of drug-likeness (QED) is 0.770. The lowest BCUT2D eigenvalue weighted by Gasteiger charge is -2.27. The van der Waals surface area contributed by atoms with E-state index in [2.05, 4.69) is 27.9 Å². The molecule has 2 aliphatic rings. The second-order valence-electron chi connectivity index (χ2n) is 5.72. The molecule has 4 nitrogen and oxygen atoms in total. The molecule has 4 heteroatoms. The van der Waals surface area contributed by atoms with Gasteiger partial charge in [-0.25, -0.2) is 4.98 Å². The number of aromatic nitrogens is 1. The Kier molecular flexibility index (Phi) is 3.16. The number of rotatable bonds is 1. The van der Waals surface area contributed by atoms with Crippen LogP contribution in [-0.4, -0.2) is 42.1 Å². The van der Waals surface area contributed by atoms with Crippen molar-refractivity contribution in [2.24, 2.45) is 0 Å². The molecule has 2 unspecified atom stereocenters. The lowest BCUT2D eigenvalue weighted by Crippen LogP contribution is -2.37. The number of aryl methyl sites for hydroxylation is 1. The third kappa shape index (κ3) is 2.19. The second kappa shape index (κ2) is 4.82. The molecule has 0 aromatic carbocycles. The molecule has 1 aromatic heterocycles. The van der Waals surface area contributed by atoms with E-state index in [1.807, 2.05) is 19.1 Å². The number of hydrogen-bond donors (Lipinski definition) is 0. The van der Waals surface area contributed by atoms with Gasteiger partial charge in [-0.15, -0.1) is 0 Å². The Morgan fingerprint density at radius 3 is 2.84 bits per heavy atom. The molecule has 0 spiro atoms. The third-order valence-electron chi connectivity index (χ3n) is 4.58. The van der Waals surface area contributed by atoms with E-state index < -0.39 is 0 Å². The largest absolute Gasteiger partial charge is 0.354 e. The average molecular weight is 256 g/mol. The summed E-state index contributed by atoms with van der Waals surface area (Å²) in [6, 6.07) is 7.41. The van der Waals surface area contributed by atoms with Gasteiger partial charge in [0.15, 0.2) is 0 Å². The maximum Gasteiger partial charge on any atom is 0.146 e. The van der Waals surface area contributed by atoms with Crippen LogP contribution in [-0.2, 0) is 0 Å². The van der Waals surface area contributed by atoms with Crippen molar-refractivity contribution >= 4 is 5.82 Å². The van der Waals surface area contributed by atoms with Crippen molar-refractivity contribution in [3.63, 3.8) is 0 Å². The number of nitriles is 1. The van der Waals surface area contributed by atoms with Crippen LogP contribution in [0.15, 0.2) is 12.1 Å². The molecule has 2 atom stereocenters. The second-order valence-corrected chi connectivity index (χ2v) is 5.72. The van der Waals surface area contributed by atoms with Gasteiger partial charge in [-0.2, -0.15) is 5.26 Å². The van der Waals surface area contributed by atoms with Crippen molar-refractivity contribution in [2.45, 2.75) is 38.3 Å².